The van der Waals surface area contributed by atoms with Crippen molar-refractivity contribution in [3.05, 3.63) is 70.7 Å². The maximum absolute atomic E-state index is 6.21. The van der Waals surface area contributed by atoms with Crippen molar-refractivity contribution < 1.29 is 4.74 Å². The Morgan fingerprint density at radius 2 is 1.70 bits per heavy atom. The maximum Gasteiger partial charge on any atom is 0.0935 e. The first-order chi connectivity index (χ1) is 9.81. The molecule has 0 amide bonds. The molecule has 2 rings (SSSR count). The number of alkyl halides is 1. The number of halogens is 2. The standard InChI is InChI=1S/C17H18BrClO/c18-13-17(15-10-4-5-11-16(15)19)20-12-6-9-14-7-2-1-3-8-14/h1-5,7-8,10-11,17H,6,9,12-13H2. The van der Waals surface area contributed by atoms with Crippen molar-refractivity contribution in [3.63, 3.8) is 0 Å². The molecule has 2 aromatic carbocycles. The van der Waals surface area contributed by atoms with E-state index in [0.717, 1.165) is 35.4 Å². The highest BCUT2D eigenvalue weighted by molar-refractivity contribution is 9.09. The highest BCUT2D eigenvalue weighted by Crippen LogP contribution is 2.27. The largest absolute Gasteiger partial charge is 0.373 e. The molecule has 0 aliphatic carbocycles. The Morgan fingerprint density at radius 3 is 2.40 bits per heavy atom. The molecule has 20 heavy (non-hydrogen) atoms. The highest BCUT2D eigenvalue weighted by Gasteiger charge is 2.13. The summed E-state index contributed by atoms with van der Waals surface area (Å²) < 4.78 is 5.95. The van der Waals surface area contributed by atoms with Crippen LogP contribution in [0.5, 0.6) is 0 Å². The van der Waals surface area contributed by atoms with Crippen molar-refractivity contribution in [2.45, 2.75) is 18.9 Å². The minimum atomic E-state index is 0.0134. The summed E-state index contributed by atoms with van der Waals surface area (Å²) in [4.78, 5) is 0. The molecule has 1 nitrogen and oxygen atoms in total. The second-order valence-electron chi connectivity index (χ2n) is 4.62. The van der Waals surface area contributed by atoms with Gasteiger partial charge in [-0.25, -0.2) is 0 Å². The van der Waals surface area contributed by atoms with Gasteiger partial charge in [0, 0.05) is 22.5 Å². The lowest BCUT2D eigenvalue weighted by Crippen LogP contribution is -2.08. The lowest BCUT2D eigenvalue weighted by Gasteiger charge is -2.17. The van der Waals surface area contributed by atoms with Crippen molar-refractivity contribution in [2.75, 3.05) is 11.9 Å². The van der Waals surface area contributed by atoms with Gasteiger partial charge in [-0.15, -0.1) is 0 Å². The van der Waals surface area contributed by atoms with E-state index in [2.05, 4.69) is 40.2 Å². The van der Waals surface area contributed by atoms with E-state index >= 15 is 0 Å². The zero-order valence-electron chi connectivity index (χ0n) is 11.3. The lowest BCUT2D eigenvalue weighted by molar-refractivity contribution is 0.0683. The third-order valence-electron chi connectivity index (χ3n) is 3.16. The first-order valence-corrected chi connectivity index (χ1v) is 8.27. The fourth-order valence-electron chi connectivity index (χ4n) is 2.10. The van der Waals surface area contributed by atoms with Crippen LogP contribution in [0.25, 0.3) is 0 Å². The number of ether oxygens (including phenoxy) is 1. The number of aryl methyl sites for hydroxylation is 1. The molecule has 0 radical (unpaired) electrons. The Balaban J connectivity index is 1.81. The van der Waals surface area contributed by atoms with E-state index < -0.39 is 0 Å². The molecule has 0 aliphatic heterocycles. The number of hydrogen-bond acceptors (Lipinski definition) is 1. The molecule has 106 valence electrons. The minimum Gasteiger partial charge on any atom is -0.373 e. The van der Waals surface area contributed by atoms with Crippen LogP contribution in [0.1, 0.15) is 23.7 Å². The van der Waals surface area contributed by atoms with Crippen molar-refractivity contribution in [1.82, 2.24) is 0 Å². The summed E-state index contributed by atoms with van der Waals surface area (Å²) in [6, 6.07) is 18.3. The SMILES string of the molecule is Clc1ccccc1C(CBr)OCCCc1ccccc1. The third kappa shape index (κ3) is 4.62. The molecule has 2 aromatic rings. The summed E-state index contributed by atoms with van der Waals surface area (Å²) in [6.07, 6.45) is 2.07. The van der Waals surface area contributed by atoms with Crippen LogP contribution >= 0.6 is 27.5 Å². The summed E-state index contributed by atoms with van der Waals surface area (Å²) in [5.41, 5.74) is 2.40. The van der Waals surface area contributed by atoms with E-state index in [0.29, 0.717) is 0 Å². The molecule has 0 aliphatic rings. The van der Waals surface area contributed by atoms with Gasteiger partial charge in [0.05, 0.1) is 6.10 Å². The van der Waals surface area contributed by atoms with Crippen molar-refractivity contribution in [2.24, 2.45) is 0 Å². The van der Waals surface area contributed by atoms with Crippen molar-refractivity contribution in [3.8, 4) is 0 Å². The quantitative estimate of drug-likeness (QED) is 0.476. The van der Waals surface area contributed by atoms with E-state index in [1.165, 1.54) is 5.56 Å². The molecule has 3 heteroatoms. The van der Waals surface area contributed by atoms with Gasteiger partial charge in [-0.1, -0.05) is 76.1 Å². The van der Waals surface area contributed by atoms with Crippen molar-refractivity contribution >= 4 is 27.5 Å². The van der Waals surface area contributed by atoms with Crippen LogP contribution in [0.15, 0.2) is 54.6 Å². The second kappa shape index (κ2) is 8.46. The molecule has 1 atom stereocenters. The molecule has 0 aromatic heterocycles. The molecule has 0 bridgehead atoms. The van der Waals surface area contributed by atoms with Crippen molar-refractivity contribution in [1.29, 1.82) is 0 Å². The van der Waals surface area contributed by atoms with Crippen LogP contribution in [0.4, 0.5) is 0 Å². The van der Waals surface area contributed by atoms with Gasteiger partial charge >= 0.3 is 0 Å². The Labute approximate surface area is 134 Å². The fraction of sp³-hybridized carbons (Fsp3) is 0.294. The Morgan fingerprint density at radius 1 is 1.00 bits per heavy atom. The van der Waals surface area contributed by atoms with Gasteiger partial charge < -0.3 is 4.74 Å². The minimum absolute atomic E-state index is 0.0134. The van der Waals surface area contributed by atoms with Gasteiger partial charge in [-0.3, -0.25) is 0 Å². The van der Waals surface area contributed by atoms with E-state index in [-0.39, 0.29) is 6.10 Å². The molecule has 0 spiro atoms. The van der Waals surface area contributed by atoms with Crippen LogP contribution < -0.4 is 0 Å². The number of rotatable bonds is 7. The van der Waals surface area contributed by atoms with Crippen LogP contribution in [0, 0.1) is 0 Å². The highest BCUT2D eigenvalue weighted by atomic mass is 79.9. The average molecular weight is 354 g/mol. The Bertz CT molecular complexity index is 515. The monoisotopic (exact) mass is 352 g/mol. The molecule has 0 saturated carbocycles. The molecule has 0 saturated heterocycles. The van der Waals surface area contributed by atoms with Gasteiger partial charge in [0.1, 0.15) is 0 Å². The van der Waals surface area contributed by atoms with E-state index in [9.17, 15) is 0 Å². The van der Waals surface area contributed by atoms with Gasteiger partial charge in [0.2, 0.25) is 0 Å². The van der Waals surface area contributed by atoms with Crippen LogP contribution in [0.3, 0.4) is 0 Å². The van der Waals surface area contributed by atoms with E-state index in [1.807, 2.05) is 30.3 Å². The first-order valence-electron chi connectivity index (χ1n) is 6.77. The van der Waals surface area contributed by atoms with Gasteiger partial charge in [0.25, 0.3) is 0 Å². The summed E-state index contributed by atoms with van der Waals surface area (Å²) in [7, 11) is 0. The molecule has 1 unspecified atom stereocenters. The number of hydrogen-bond donors (Lipinski definition) is 0. The molecular formula is C17H18BrClO. The first kappa shape index (κ1) is 15.6. The predicted molar refractivity (Wildman–Crippen MR) is 88.7 cm³/mol. The lowest BCUT2D eigenvalue weighted by atomic mass is 10.1. The molecular weight excluding hydrogens is 336 g/mol. The normalized spacial score (nSPS) is 12.3. The summed E-state index contributed by atoms with van der Waals surface area (Å²) >= 11 is 9.71. The molecule has 0 fully saturated rings. The van der Waals surface area contributed by atoms with Crippen LogP contribution in [-0.2, 0) is 11.2 Å². The second-order valence-corrected chi connectivity index (χ2v) is 5.68. The average Bonchev–Trinajstić information content (AvgIpc) is 2.50. The van der Waals surface area contributed by atoms with Crippen LogP contribution in [0.2, 0.25) is 5.02 Å². The maximum atomic E-state index is 6.21. The number of benzene rings is 2. The summed E-state index contributed by atoms with van der Waals surface area (Å²) in [6.45, 7) is 0.733. The van der Waals surface area contributed by atoms with E-state index in [1.54, 1.807) is 0 Å². The third-order valence-corrected chi connectivity index (χ3v) is 4.10. The fourth-order valence-corrected chi connectivity index (χ4v) is 2.89. The van der Waals surface area contributed by atoms with Gasteiger partial charge in [-0.2, -0.15) is 0 Å². The smallest absolute Gasteiger partial charge is 0.0935 e. The Kier molecular flexibility index (Phi) is 6.58. The summed E-state index contributed by atoms with van der Waals surface area (Å²) in [5.74, 6) is 0. The molecule has 0 heterocycles. The van der Waals surface area contributed by atoms with E-state index in [4.69, 9.17) is 16.3 Å². The molecule has 0 N–H and O–H groups in total. The zero-order valence-corrected chi connectivity index (χ0v) is 13.6. The predicted octanol–water partition coefficient (Wildman–Crippen LogP) is 5.43. The Hall–Kier alpha value is -0.830. The zero-order chi connectivity index (χ0) is 14.2. The van der Waals surface area contributed by atoms with Crippen LogP contribution in [-0.4, -0.2) is 11.9 Å². The topological polar surface area (TPSA) is 9.23 Å². The van der Waals surface area contributed by atoms with Gasteiger partial charge in [0.15, 0.2) is 0 Å². The van der Waals surface area contributed by atoms with Gasteiger partial charge in [-0.05, 0) is 24.5 Å². The summed E-state index contributed by atoms with van der Waals surface area (Å²) in [5, 5.41) is 1.52.